The zero-order chi connectivity index (χ0) is 33.7. The number of thiazole rings is 1. The van der Waals surface area contributed by atoms with E-state index in [1.807, 2.05) is 6.92 Å². The van der Waals surface area contributed by atoms with Gasteiger partial charge in [-0.15, -0.1) is 0 Å². The number of esters is 2. The number of allylic oxidation sites excluding steroid dienone is 1. The van der Waals surface area contributed by atoms with Gasteiger partial charge in [0, 0.05) is 5.02 Å². The van der Waals surface area contributed by atoms with E-state index in [2.05, 4.69) is 4.99 Å². The summed E-state index contributed by atoms with van der Waals surface area (Å²) in [4.78, 5) is 44.2. The first-order valence-corrected chi connectivity index (χ1v) is 16.5. The van der Waals surface area contributed by atoms with E-state index < -0.39 is 18.0 Å². The number of rotatable bonds is 11. The Morgan fingerprint density at radius 1 is 0.915 bits per heavy atom. The van der Waals surface area contributed by atoms with Crippen LogP contribution in [-0.2, 0) is 20.9 Å². The quantitative estimate of drug-likeness (QED) is 0.171. The monoisotopic (exact) mass is 694 g/mol. The number of carbonyl (C=O) groups is 2. The minimum atomic E-state index is -0.828. The number of benzene rings is 3. The molecule has 1 aliphatic heterocycles. The van der Waals surface area contributed by atoms with E-state index in [4.69, 9.17) is 42.1 Å². The molecule has 47 heavy (non-hydrogen) atoms. The molecule has 2 heterocycles. The highest BCUT2D eigenvalue weighted by Crippen LogP contribution is 2.38. The van der Waals surface area contributed by atoms with Gasteiger partial charge in [0.25, 0.3) is 5.56 Å². The second kappa shape index (κ2) is 15.0. The van der Waals surface area contributed by atoms with Gasteiger partial charge < -0.3 is 18.9 Å². The lowest BCUT2D eigenvalue weighted by atomic mass is 9.96. The summed E-state index contributed by atoms with van der Waals surface area (Å²) in [6.45, 7) is 8.01. The summed E-state index contributed by atoms with van der Waals surface area (Å²) < 4.78 is 24.2. The topological polar surface area (TPSA) is 105 Å². The Bertz CT molecular complexity index is 2030. The number of hydrogen-bond acceptors (Lipinski definition) is 9. The Morgan fingerprint density at radius 3 is 2.30 bits per heavy atom. The summed E-state index contributed by atoms with van der Waals surface area (Å²) in [6, 6.07) is 16.6. The number of nitrogens with zero attached hydrogens (tertiary/aromatic N) is 2. The van der Waals surface area contributed by atoms with Crippen LogP contribution < -0.4 is 24.4 Å². The van der Waals surface area contributed by atoms with Crippen LogP contribution in [0, 0.1) is 0 Å². The van der Waals surface area contributed by atoms with Gasteiger partial charge in [-0.25, -0.2) is 14.6 Å². The van der Waals surface area contributed by atoms with E-state index in [-0.39, 0.29) is 29.4 Å². The van der Waals surface area contributed by atoms with Gasteiger partial charge >= 0.3 is 11.9 Å². The van der Waals surface area contributed by atoms with Crippen molar-refractivity contribution < 1.29 is 28.5 Å². The molecule has 5 rings (SSSR count). The van der Waals surface area contributed by atoms with Crippen molar-refractivity contribution in [2.45, 2.75) is 40.3 Å². The van der Waals surface area contributed by atoms with Crippen LogP contribution in [0.4, 0.5) is 0 Å². The maximum absolute atomic E-state index is 14.0. The highest BCUT2D eigenvalue weighted by molar-refractivity contribution is 7.07. The average molecular weight is 696 g/mol. The van der Waals surface area contributed by atoms with Crippen LogP contribution in [0.3, 0.4) is 0 Å². The lowest BCUT2D eigenvalue weighted by Crippen LogP contribution is -2.40. The van der Waals surface area contributed by atoms with E-state index >= 15 is 0 Å². The highest BCUT2D eigenvalue weighted by atomic mass is 35.5. The van der Waals surface area contributed by atoms with Crippen LogP contribution in [-0.4, -0.2) is 36.3 Å². The van der Waals surface area contributed by atoms with Gasteiger partial charge in [0.2, 0.25) is 0 Å². The molecule has 244 valence electrons. The van der Waals surface area contributed by atoms with E-state index in [1.165, 1.54) is 15.9 Å². The summed E-state index contributed by atoms with van der Waals surface area (Å²) in [6.07, 6.45) is 1.70. The Morgan fingerprint density at radius 2 is 1.62 bits per heavy atom. The largest absolute Gasteiger partial charge is 0.490 e. The molecule has 0 radical (unpaired) electrons. The molecular weight excluding hydrogens is 663 g/mol. The summed E-state index contributed by atoms with van der Waals surface area (Å²) >= 11 is 14.5. The number of fused-ring (bicyclic) bond motifs is 1. The second-order valence-electron chi connectivity index (χ2n) is 10.3. The molecule has 0 unspecified atom stereocenters. The lowest BCUT2D eigenvalue weighted by molar-refractivity contribution is -0.139. The fourth-order valence-electron chi connectivity index (χ4n) is 5.12. The minimum Gasteiger partial charge on any atom is -0.490 e. The SMILES string of the molecule is CCOC(=O)C1=C(C)N=c2s/c(=C\c3cc(Cl)c(OCc4ccc(C(=O)OCC)cc4)c(OCC)c3)c(=O)n2[C@H]1c1ccccc1Cl. The molecule has 0 N–H and O–H groups in total. The van der Waals surface area contributed by atoms with Crippen LogP contribution in [0.1, 0.15) is 60.8 Å². The Kier molecular flexibility index (Phi) is 10.9. The van der Waals surface area contributed by atoms with Crippen molar-refractivity contribution in [1.82, 2.24) is 4.57 Å². The van der Waals surface area contributed by atoms with Gasteiger partial charge in [0.15, 0.2) is 16.3 Å². The molecule has 0 fully saturated rings. The Labute approximate surface area is 285 Å². The van der Waals surface area contributed by atoms with Crippen molar-refractivity contribution in [2.24, 2.45) is 4.99 Å². The molecule has 1 aromatic heterocycles. The maximum Gasteiger partial charge on any atom is 0.338 e. The molecule has 0 spiro atoms. The number of hydrogen-bond donors (Lipinski definition) is 0. The molecule has 0 saturated carbocycles. The van der Waals surface area contributed by atoms with Crippen LogP contribution in [0.15, 0.2) is 81.7 Å². The van der Waals surface area contributed by atoms with Crippen molar-refractivity contribution in [3.63, 3.8) is 0 Å². The van der Waals surface area contributed by atoms with Crippen molar-refractivity contribution in [2.75, 3.05) is 19.8 Å². The summed E-state index contributed by atoms with van der Waals surface area (Å²) in [5.41, 5.74) is 2.78. The fourth-order valence-corrected chi connectivity index (χ4v) is 6.67. The van der Waals surface area contributed by atoms with Crippen LogP contribution >= 0.6 is 34.5 Å². The molecule has 0 bridgehead atoms. The maximum atomic E-state index is 14.0. The summed E-state index contributed by atoms with van der Waals surface area (Å²) in [5, 5.41) is 0.690. The van der Waals surface area contributed by atoms with E-state index in [0.717, 1.165) is 5.56 Å². The van der Waals surface area contributed by atoms with E-state index in [0.29, 0.717) is 61.5 Å². The van der Waals surface area contributed by atoms with Crippen LogP contribution in [0.25, 0.3) is 6.08 Å². The van der Waals surface area contributed by atoms with Crippen molar-refractivity contribution >= 4 is 52.6 Å². The summed E-state index contributed by atoms with van der Waals surface area (Å²) in [7, 11) is 0. The molecule has 1 atom stereocenters. The molecule has 1 aliphatic rings. The third kappa shape index (κ3) is 7.30. The van der Waals surface area contributed by atoms with Gasteiger partial charge in [-0.05, 0) is 80.8 Å². The second-order valence-corrected chi connectivity index (χ2v) is 12.1. The van der Waals surface area contributed by atoms with Crippen molar-refractivity contribution in [3.8, 4) is 11.5 Å². The van der Waals surface area contributed by atoms with E-state index in [1.54, 1.807) is 87.5 Å². The first kappa shape index (κ1) is 34.0. The highest BCUT2D eigenvalue weighted by Gasteiger charge is 2.34. The molecule has 9 nitrogen and oxygen atoms in total. The molecule has 0 aliphatic carbocycles. The van der Waals surface area contributed by atoms with Crippen LogP contribution in [0.5, 0.6) is 11.5 Å². The normalized spacial score (nSPS) is 14.3. The molecular formula is C35H32Cl2N2O7S. The molecule has 3 aromatic carbocycles. The van der Waals surface area contributed by atoms with Gasteiger partial charge in [-0.3, -0.25) is 9.36 Å². The smallest absolute Gasteiger partial charge is 0.338 e. The molecule has 0 amide bonds. The lowest BCUT2D eigenvalue weighted by Gasteiger charge is -2.25. The predicted molar refractivity (Wildman–Crippen MR) is 181 cm³/mol. The first-order valence-electron chi connectivity index (χ1n) is 15.0. The third-order valence-electron chi connectivity index (χ3n) is 7.19. The third-order valence-corrected chi connectivity index (χ3v) is 8.80. The number of carbonyl (C=O) groups excluding carboxylic acids is 2. The van der Waals surface area contributed by atoms with Gasteiger partial charge in [-0.1, -0.05) is 64.9 Å². The number of halogens is 2. The number of ether oxygens (including phenoxy) is 4. The Balaban J connectivity index is 1.52. The minimum absolute atomic E-state index is 0.166. The summed E-state index contributed by atoms with van der Waals surface area (Å²) in [5.74, 6) is -0.211. The van der Waals surface area contributed by atoms with Crippen molar-refractivity contribution in [3.05, 3.63) is 124 Å². The first-order chi connectivity index (χ1) is 22.7. The van der Waals surface area contributed by atoms with Gasteiger partial charge in [0.05, 0.1) is 46.2 Å². The van der Waals surface area contributed by atoms with Gasteiger partial charge in [-0.2, -0.15) is 0 Å². The molecule has 0 saturated heterocycles. The molecule has 4 aromatic rings. The Hall–Kier alpha value is -4.38. The standard InChI is InChI=1S/C35H32Cl2N2O7S/c1-5-43-27-17-22(16-26(37)31(27)46-19-21-12-14-23(15-13-21)33(41)44-6-2)18-28-32(40)39-30(24-10-8-9-11-25(24)36)29(34(42)45-7-3)20(4)38-35(39)47-28/h8-18,30H,5-7,19H2,1-4H3/b28-18-/t30-/m0/s1. The predicted octanol–water partition coefficient (Wildman–Crippen LogP) is 6.26. The van der Waals surface area contributed by atoms with Gasteiger partial charge in [0.1, 0.15) is 12.6 Å². The zero-order valence-electron chi connectivity index (χ0n) is 26.2. The number of aromatic nitrogens is 1. The average Bonchev–Trinajstić information content (AvgIpc) is 3.34. The fraction of sp³-hybridized carbons (Fsp3) is 0.257. The molecule has 12 heteroatoms. The zero-order valence-corrected chi connectivity index (χ0v) is 28.5. The van der Waals surface area contributed by atoms with Crippen molar-refractivity contribution in [1.29, 1.82) is 0 Å². The van der Waals surface area contributed by atoms with Crippen LogP contribution in [0.2, 0.25) is 10.0 Å². The van der Waals surface area contributed by atoms with E-state index in [9.17, 15) is 14.4 Å².